The molecule has 2 aromatic carbocycles. The van der Waals surface area contributed by atoms with Gasteiger partial charge in [-0.05, 0) is 42.8 Å². The fraction of sp³-hybridized carbons (Fsp3) is 0.0500. The highest BCUT2D eigenvalue weighted by Crippen LogP contribution is 2.24. The summed E-state index contributed by atoms with van der Waals surface area (Å²) in [4.78, 5) is 29.2. The Morgan fingerprint density at radius 2 is 1.77 bits per heavy atom. The van der Waals surface area contributed by atoms with Crippen molar-refractivity contribution < 1.29 is 14.0 Å². The summed E-state index contributed by atoms with van der Waals surface area (Å²) in [5.41, 5.74) is 1.79. The zero-order chi connectivity index (χ0) is 18.5. The lowest BCUT2D eigenvalue weighted by Gasteiger charge is -2.00. The van der Waals surface area contributed by atoms with Crippen molar-refractivity contribution >= 4 is 34.2 Å². The molecule has 0 spiro atoms. The first-order chi connectivity index (χ1) is 12.5. The monoisotopic (exact) mass is 366 g/mol. The van der Waals surface area contributed by atoms with Gasteiger partial charge in [-0.2, -0.15) is 0 Å². The van der Waals surface area contributed by atoms with Crippen LogP contribution in [0.2, 0.25) is 0 Å². The number of nitrogens with one attached hydrogen (secondary N) is 1. The number of hydrogen-bond donors (Lipinski definition) is 1. The van der Waals surface area contributed by atoms with E-state index in [-0.39, 0.29) is 17.5 Å². The van der Waals surface area contributed by atoms with Crippen molar-refractivity contribution in [1.29, 1.82) is 0 Å². The molecule has 0 atom stereocenters. The first-order valence-corrected chi connectivity index (χ1v) is 8.66. The number of carbonyl (C=O) groups excluding carboxylic acids is 2. The number of halogens is 1. The minimum absolute atomic E-state index is 0.218. The van der Waals surface area contributed by atoms with Gasteiger partial charge in [-0.15, -0.1) is 0 Å². The predicted octanol–water partition coefficient (Wildman–Crippen LogP) is 4.74. The quantitative estimate of drug-likeness (QED) is 0.524. The van der Waals surface area contributed by atoms with E-state index in [1.54, 1.807) is 49.4 Å². The Labute approximate surface area is 154 Å². The number of nitrogens with zero attached hydrogens (tertiary/aromatic N) is 1. The van der Waals surface area contributed by atoms with Crippen LogP contribution in [0.4, 0.5) is 9.52 Å². The van der Waals surface area contributed by atoms with E-state index in [1.165, 1.54) is 18.2 Å². The fourth-order valence-corrected chi connectivity index (χ4v) is 3.14. The number of thiazole rings is 1. The van der Waals surface area contributed by atoms with Crippen LogP contribution in [0.15, 0.2) is 60.7 Å². The van der Waals surface area contributed by atoms with Gasteiger partial charge in [0.15, 0.2) is 10.9 Å². The highest BCUT2D eigenvalue weighted by Gasteiger charge is 2.15. The second-order valence-electron chi connectivity index (χ2n) is 5.50. The lowest BCUT2D eigenvalue weighted by Crippen LogP contribution is -2.11. The summed E-state index contributed by atoms with van der Waals surface area (Å²) in [7, 11) is 0. The van der Waals surface area contributed by atoms with Crippen LogP contribution in [-0.4, -0.2) is 16.7 Å². The molecule has 1 aromatic heterocycles. The third kappa shape index (κ3) is 4.29. The maximum Gasteiger partial charge on any atom is 0.257 e. The topological polar surface area (TPSA) is 59.1 Å². The smallest absolute Gasteiger partial charge is 0.257 e. The molecule has 0 bridgehead atoms. The standard InChI is InChI=1S/C20H15FN2O2S/c1-13-18(17(24)12-9-14-7-10-16(21)11-8-14)26-20(22-13)23-19(25)15-5-3-2-4-6-15/h2-12H,1H3,(H,22,23,25)/b12-9+. The van der Waals surface area contributed by atoms with Crippen LogP contribution in [0.1, 0.15) is 31.3 Å². The van der Waals surface area contributed by atoms with Crippen LogP contribution < -0.4 is 5.32 Å². The third-order valence-electron chi connectivity index (χ3n) is 3.57. The van der Waals surface area contributed by atoms with E-state index >= 15 is 0 Å². The molecule has 3 aromatic rings. The Kier molecular flexibility index (Phi) is 5.34. The van der Waals surface area contributed by atoms with Gasteiger partial charge in [-0.1, -0.05) is 47.7 Å². The molecule has 1 heterocycles. The van der Waals surface area contributed by atoms with E-state index in [0.717, 1.165) is 16.9 Å². The summed E-state index contributed by atoms with van der Waals surface area (Å²) >= 11 is 1.12. The Morgan fingerprint density at radius 3 is 2.46 bits per heavy atom. The summed E-state index contributed by atoms with van der Waals surface area (Å²) in [6.07, 6.45) is 3.03. The largest absolute Gasteiger partial charge is 0.298 e. The fourth-order valence-electron chi connectivity index (χ4n) is 2.26. The minimum Gasteiger partial charge on any atom is -0.298 e. The molecular formula is C20H15FN2O2S. The van der Waals surface area contributed by atoms with E-state index in [1.807, 2.05) is 6.07 Å². The SMILES string of the molecule is Cc1nc(NC(=O)c2ccccc2)sc1C(=O)/C=C/c1ccc(F)cc1. The van der Waals surface area contributed by atoms with E-state index in [2.05, 4.69) is 10.3 Å². The molecule has 0 fully saturated rings. The van der Waals surface area contributed by atoms with Crippen LogP contribution in [0.3, 0.4) is 0 Å². The highest BCUT2D eigenvalue weighted by atomic mass is 32.1. The number of anilines is 1. The molecule has 6 heteroatoms. The summed E-state index contributed by atoms with van der Waals surface area (Å²) in [5.74, 6) is -0.824. The average molecular weight is 366 g/mol. The van der Waals surface area contributed by atoms with Crippen LogP contribution >= 0.6 is 11.3 Å². The molecule has 1 N–H and O–H groups in total. The Hall–Kier alpha value is -3.12. The maximum absolute atomic E-state index is 12.9. The van der Waals surface area contributed by atoms with Crippen molar-refractivity contribution in [2.75, 3.05) is 5.32 Å². The lowest BCUT2D eigenvalue weighted by atomic mass is 10.2. The molecule has 1 amide bonds. The number of allylic oxidation sites excluding steroid dienone is 1. The number of hydrogen-bond acceptors (Lipinski definition) is 4. The zero-order valence-electron chi connectivity index (χ0n) is 13.9. The van der Waals surface area contributed by atoms with Gasteiger partial charge in [0.25, 0.3) is 5.91 Å². The van der Waals surface area contributed by atoms with Gasteiger partial charge in [0.2, 0.25) is 0 Å². The summed E-state index contributed by atoms with van der Waals surface area (Å²) in [5, 5.41) is 3.08. The molecule has 4 nitrogen and oxygen atoms in total. The normalized spacial score (nSPS) is 10.8. The maximum atomic E-state index is 12.9. The zero-order valence-corrected chi connectivity index (χ0v) is 14.7. The third-order valence-corrected chi connectivity index (χ3v) is 4.66. The molecule has 3 rings (SSSR count). The van der Waals surface area contributed by atoms with Gasteiger partial charge >= 0.3 is 0 Å². The van der Waals surface area contributed by atoms with Crippen LogP contribution in [-0.2, 0) is 0 Å². The van der Waals surface area contributed by atoms with Gasteiger partial charge < -0.3 is 0 Å². The van der Waals surface area contributed by atoms with Crippen LogP contribution in [0.5, 0.6) is 0 Å². The second kappa shape index (κ2) is 7.84. The van der Waals surface area contributed by atoms with Gasteiger partial charge in [0.1, 0.15) is 5.82 Å². The Morgan fingerprint density at radius 1 is 1.08 bits per heavy atom. The number of rotatable bonds is 5. The highest BCUT2D eigenvalue weighted by molar-refractivity contribution is 7.18. The van der Waals surface area contributed by atoms with Gasteiger partial charge in [0, 0.05) is 5.56 Å². The molecule has 0 radical (unpaired) electrons. The summed E-state index contributed by atoms with van der Waals surface area (Å²) < 4.78 is 12.9. The average Bonchev–Trinajstić information content (AvgIpc) is 3.02. The van der Waals surface area contributed by atoms with Crippen molar-refractivity contribution in [2.45, 2.75) is 6.92 Å². The van der Waals surface area contributed by atoms with Crippen molar-refractivity contribution in [3.05, 3.63) is 88.2 Å². The van der Waals surface area contributed by atoms with Crippen molar-refractivity contribution in [2.24, 2.45) is 0 Å². The van der Waals surface area contributed by atoms with Crippen LogP contribution in [0, 0.1) is 12.7 Å². The minimum atomic E-state index is -0.328. The molecule has 0 aliphatic carbocycles. The predicted molar refractivity (Wildman–Crippen MR) is 101 cm³/mol. The van der Waals surface area contributed by atoms with Gasteiger partial charge in [-0.25, -0.2) is 9.37 Å². The van der Waals surface area contributed by atoms with E-state index in [4.69, 9.17) is 0 Å². The molecule has 0 saturated heterocycles. The number of benzene rings is 2. The molecule has 26 heavy (non-hydrogen) atoms. The molecule has 0 aliphatic heterocycles. The second-order valence-corrected chi connectivity index (χ2v) is 6.50. The Bertz CT molecular complexity index is 963. The molecule has 0 aliphatic rings. The van der Waals surface area contributed by atoms with E-state index < -0.39 is 0 Å². The molecule has 0 unspecified atom stereocenters. The number of aryl methyl sites for hydroxylation is 1. The number of ketones is 1. The summed E-state index contributed by atoms with van der Waals surface area (Å²) in [6, 6.07) is 14.6. The number of amides is 1. The number of carbonyl (C=O) groups is 2. The molecule has 0 saturated carbocycles. The first kappa shape index (κ1) is 17.7. The van der Waals surface area contributed by atoms with Crippen molar-refractivity contribution in [3.8, 4) is 0 Å². The van der Waals surface area contributed by atoms with Gasteiger partial charge in [0.05, 0.1) is 10.6 Å². The van der Waals surface area contributed by atoms with Crippen molar-refractivity contribution in [1.82, 2.24) is 4.98 Å². The lowest BCUT2D eigenvalue weighted by molar-refractivity contribution is 0.102. The number of aromatic nitrogens is 1. The molecule has 130 valence electrons. The van der Waals surface area contributed by atoms with Gasteiger partial charge in [-0.3, -0.25) is 14.9 Å². The van der Waals surface area contributed by atoms with E-state index in [0.29, 0.717) is 21.3 Å². The Balaban J connectivity index is 1.72. The summed E-state index contributed by atoms with van der Waals surface area (Å²) in [6.45, 7) is 1.72. The van der Waals surface area contributed by atoms with E-state index in [9.17, 15) is 14.0 Å². The van der Waals surface area contributed by atoms with Crippen molar-refractivity contribution in [3.63, 3.8) is 0 Å². The molecular weight excluding hydrogens is 351 g/mol. The first-order valence-electron chi connectivity index (χ1n) is 7.85. The van der Waals surface area contributed by atoms with Crippen LogP contribution in [0.25, 0.3) is 6.08 Å².